The maximum atomic E-state index is 6.01. The zero-order valence-electron chi connectivity index (χ0n) is 12.9. The van der Waals surface area contributed by atoms with Gasteiger partial charge in [-0.15, -0.1) is 0 Å². The molecule has 0 radical (unpaired) electrons. The molecule has 0 saturated carbocycles. The summed E-state index contributed by atoms with van der Waals surface area (Å²) in [4.78, 5) is 0. The summed E-state index contributed by atoms with van der Waals surface area (Å²) in [6.07, 6.45) is 0. The van der Waals surface area contributed by atoms with Crippen LogP contribution in [0.4, 0.5) is 0 Å². The summed E-state index contributed by atoms with van der Waals surface area (Å²) in [6.45, 7) is 5.56. The van der Waals surface area contributed by atoms with Crippen LogP contribution in [0.1, 0.15) is 25.0 Å². The molecule has 2 aromatic rings. The van der Waals surface area contributed by atoms with E-state index in [1.807, 2.05) is 30.3 Å². The molecule has 2 aromatic carbocycles. The number of rotatable bonds is 7. The molecule has 21 heavy (non-hydrogen) atoms. The predicted molar refractivity (Wildman–Crippen MR) is 85.7 cm³/mol. The van der Waals surface area contributed by atoms with E-state index in [0.717, 1.165) is 29.2 Å². The van der Waals surface area contributed by atoms with Crippen LogP contribution in [0.15, 0.2) is 48.5 Å². The Morgan fingerprint density at radius 3 is 2.43 bits per heavy atom. The first-order chi connectivity index (χ1) is 10.2. The second-order valence-electron chi connectivity index (χ2n) is 5.26. The van der Waals surface area contributed by atoms with Gasteiger partial charge in [0.1, 0.15) is 6.61 Å². The first-order valence-corrected chi connectivity index (χ1v) is 7.26. The van der Waals surface area contributed by atoms with E-state index in [0.29, 0.717) is 12.6 Å². The van der Waals surface area contributed by atoms with Gasteiger partial charge >= 0.3 is 0 Å². The van der Waals surface area contributed by atoms with Crippen molar-refractivity contribution in [2.75, 3.05) is 7.11 Å². The third kappa shape index (κ3) is 4.50. The van der Waals surface area contributed by atoms with Gasteiger partial charge in [-0.05, 0) is 11.6 Å². The number of para-hydroxylation sites is 1. The van der Waals surface area contributed by atoms with Gasteiger partial charge in [-0.25, -0.2) is 0 Å². The number of methoxy groups -OCH3 is 1. The van der Waals surface area contributed by atoms with Gasteiger partial charge in [-0.1, -0.05) is 56.3 Å². The van der Waals surface area contributed by atoms with Crippen molar-refractivity contribution in [1.82, 2.24) is 5.32 Å². The minimum atomic E-state index is 0.429. The predicted octanol–water partition coefficient (Wildman–Crippen LogP) is 3.77. The van der Waals surface area contributed by atoms with Crippen molar-refractivity contribution in [2.45, 2.75) is 33.0 Å². The molecule has 3 nitrogen and oxygen atoms in total. The third-order valence-corrected chi connectivity index (χ3v) is 3.21. The van der Waals surface area contributed by atoms with Crippen molar-refractivity contribution >= 4 is 0 Å². The van der Waals surface area contributed by atoms with Gasteiger partial charge in [-0.3, -0.25) is 0 Å². The Hall–Kier alpha value is -2.00. The normalized spacial score (nSPS) is 10.7. The van der Waals surface area contributed by atoms with Crippen LogP contribution in [-0.2, 0) is 13.2 Å². The van der Waals surface area contributed by atoms with E-state index >= 15 is 0 Å². The van der Waals surface area contributed by atoms with Gasteiger partial charge in [0.25, 0.3) is 0 Å². The molecule has 0 saturated heterocycles. The minimum Gasteiger partial charge on any atom is -0.493 e. The van der Waals surface area contributed by atoms with Crippen molar-refractivity contribution in [1.29, 1.82) is 0 Å². The van der Waals surface area contributed by atoms with E-state index < -0.39 is 0 Å². The highest BCUT2D eigenvalue weighted by Gasteiger charge is 2.11. The zero-order chi connectivity index (χ0) is 15.1. The van der Waals surface area contributed by atoms with Crippen LogP contribution < -0.4 is 14.8 Å². The highest BCUT2D eigenvalue weighted by atomic mass is 16.5. The van der Waals surface area contributed by atoms with Crippen LogP contribution in [0.3, 0.4) is 0 Å². The second-order valence-corrected chi connectivity index (χ2v) is 5.26. The standard InChI is InChI=1S/C18H23NO2/c1-14(2)19-12-16-10-7-11-17(20-3)18(16)21-13-15-8-5-4-6-9-15/h4-11,14,19H,12-13H2,1-3H3. The molecule has 0 fully saturated rings. The van der Waals surface area contributed by atoms with Crippen molar-refractivity contribution in [3.63, 3.8) is 0 Å². The average Bonchev–Trinajstić information content (AvgIpc) is 2.52. The van der Waals surface area contributed by atoms with Gasteiger partial charge in [-0.2, -0.15) is 0 Å². The van der Waals surface area contributed by atoms with Crippen LogP contribution in [0.2, 0.25) is 0 Å². The Morgan fingerprint density at radius 2 is 1.76 bits per heavy atom. The quantitative estimate of drug-likeness (QED) is 0.840. The van der Waals surface area contributed by atoms with Crippen LogP contribution in [0.5, 0.6) is 11.5 Å². The zero-order valence-corrected chi connectivity index (χ0v) is 12.9. The fourth-order valence-electron chi connectivity index (χ4n) is 2.07. The Kier molecular flexibility index (Phi) is 5.64. The molecule has 0 spiro atoms. The summed E-state index contributed by atoms with van der Waals surface area (Å²) in [5.74, 6) is 1.59. The number of nitrogens with one attached hydrogen (secondary N) is 1. The monoisotopic (exact) mass is 285 g/mol. The number of ether oxygens (including phenoxy) is 2. The van der Waals surface area contributed by atoms with Crippen molar-refractivity contribution in [2.24, 2.45) is 0 Å². The molecule has 0 heterocycles. The maximum absolute atomic E-state index is 6.01. The van der Waals surface area contributed by atoms with Gasteiger partial charge in [0.05, 0.1) is 7.11 Å². The molecule has 0 aliphatic rings. The van der Waals surface area contributed by atoms with Crippen molar-refractivity contribution in [3.8, 4) is 11.5 Å². The Balaban J connectivity index is 2.14. The molecular formula is C18H23NO2. The minimum absolute atomic E-state index is 0.429. The molecule has 0 aliphatic carbocycles. The second kappa shape index (κ2) is 7.70. The maximum Gasteiger partial charge on any atom is 0.166 e. The first-order valence-electron chi connectivity index (χ1n) is 7.26. The molecule has 0 amide bonds. The summed E-state index contributed by atoms with van der Waals surface area (Å²) >= 11 is 0. The number of hydrogen-bond donors (Lipinski definition) is 1. The molecule has 2 rings (SSSR count). The largest absolute Gasteiger partial charge is 0.493 e. The summed E-state index contributed by atoms with van der Waals surface area (Å²) in [5.41, 5.74) is 2.25. The lowest BCUT2D eigenvalue weighted by Crippen LogP contribution is -2.22. The number of benzene rings is 2. The molecule has 0 aliphatic heterocycles. The van der Waals surface area contributed by atoms with Gasteiger partial charge in [0.2, 0.25) is 0 Å². The Morgan fingerprint density at radius 1 is 1.00 bits per heavy atom. The van der Waals surface area contributed by atoms with Gasteiger partial charge < -0.3 is 14.8 Å². The van der Waals surface area contributed by atoms with E-state index in [9.17, 15) is 0 Å². The molecule has 1 N–H and O–H groups in total. The van der Waals surface area contributed by atoms with Crippen LogP contribution in [0, 0.1) is 0 Å². The molecule has 0 aromatic heterocycles. The lowest BCUT2D eigenvalue weighted by atomic mass is 10.1. The number of hydrogen-bond acceptors (Lipinski definition) is 3. The van der Waals surface area contributed by atoms with Crippen LogP contribution in [-0.4, -0.2) is 13.2 Å². The topological polar surface area (TPSA) is 30.5 Å². The van der Waals surface area contributed by atoms with E-state index in [2.05, 4.69) is 37.4 Å². The fourth-order valence-corrected chi connectivity index (χ4v) is 2.07. The summed E-state index contributed by atoms with van der Waals surface area (Å²) in [5, 5.41) is 3.42. The molecule has 0 atom stereocenters. The van der Waals surface area contributed by atoms with Crippen molar-refractivity contribution < 1.29 is 9.47 Å². The van der Waals surface area contributed by atoms with E-state index in [-0.39, 0.29) is 0 Å². The van der Waals surface area contributed by atoms with E-state index in [1.165, 1.54) is 0 Å². The Labute approximate surface area is 126 Å². The molecule has 0 bridgehead atoms. The lowest BCUT2D eigenvalue weighted by molar-refractivity contribution is 0.280. The fraction of sp³-hybridized carbons (Fsp3) is 0.333. The van der Waals surface area contributed by atoms with Crippen LogP contribution >= 0.6 is 0 Å². The molecular weight excluding hydrogens is 262 g/mol. The highest BCUT2D eigenvalue weighted by molar-refractivity contribution is 5.46. The highest BCUT2D eigenvalue weighted by Crippen LogP contribution is 2.31. The van der Waals surface area contributed by atoms with E-state index in [4.69, 9.17) is 9.47 Å². The lowest BCUT2D eigenvalue weighted by Gasteiger charge is -2.16. The third-order valence-electron chi connectivity index (χ3n) is 3.21. The van der Waals surface area contributed by atoms with Crippen molar-refractivity contribution in [3.05, 3.63) is 59.7 Å². The molecule has 112 valence electrons. The van der Waals surface area contributed by atoms with Crippen LogP contribution in [0.25, 0.3) is 0 Å². The molecule has 3 heteroatoms. The summed E-state index contributed by atoms with van der Waals surface area (Å²) in [7, 11) is 1.67. The first kappa shape index (κ1) is 15.4. The van der Waals surface area contributed by atoms with Gasteiger partial charge in [0, 0.05) is 18.2 Å². The van der Waals surface area contributed by atoms with E-state index in [1.54, 1.807) is 7.11 Å². The molecule has 0 unspecified atom stereocenters. The average molecular weight is 285 g/mol. The smallest absolute Gasteiger partial charge is 0.166 e. The summed E-state index contributed by atoms with van der Waals surface area (Å²) in [6, 6.07) is 16.6. The van der Waals surface area contributed by atoms with Gasteiger partial charge in [0.15, 0.2) is 11.5 Å². The SMILES string of the molecule is COc1cccc(CNC(C)C)c1OCc1ccccc1. The summed E-state index contributed by atoms with van der Waals surface area (Å²) < 4.78 is 11.4. The Bertz CT molecular complexity index is 552.